The van der Waals surface area contributed by atoms with Crippen LogP contribution in [0.2, 0.25) is 0 Å². The Morgan fingerprint density at radius 2 is 2.17 bits per heavy atom. The first-order valence-electron chi connectivity index (χ1n) is 5.59. The Labute approximate surface area is 104 Å². The Balaban J connectivity index is 2.40. The monoisotopic (exact) mass is 271 g/mol. The zero-order chi connectivity index (χ0) is 13.3. The minimum absolute atomic E-state index is 0.153. The third kappa shape index (κ3) is 2.76. The summed E-state index contributed by atoms with van der Waals surface area (Å²) >= 11 is 0. The molecule has 0 aliphatic heterocycles. The van der Waals surface area contributed by atoms with Crippen molar-refractivity contribution in [1.82, 2.24) is 4.98 Å². The molecule has 0 saturated heterocycles. The molecule has 1 aromatic rings. The van der Waals surface area contributed by atoms with E-state index >= 15 is 0 Å². The van der Waals surface area contributed by atoms with Crippen molar-refractivity contribution in [2.45, 2.75) is 25.7 Å². The zero-order valence-electron chi connectivity index (χ0n) is 9.79. The van der Waals surface area contributed by atoms with Crippen LogP contribution in [0.3, 0.4) is 0 Å². The van der Waals surface area contributed by atoms with E-state index in [4.69, 9.17) is 0 Å². The third-order valence-electron chi connectivity index (χ3n) is 2.72. The molecule has 1 fully saturated rings. The number of rotatable bonds is 5. The van der Waals surface area contributed by atoms with Gasteiger partial charge in [-0.2, -0.15) is 0 Å². The van der Waals surface area contributed by atoms with Crippen LogP contribution in [-0.4, -0.2) is 24.1 Å². The number of anilines is 1. The lowest BCUT2D eigenvalue weighted by Gasteiger charge is -2.07. The van der Waals surface area contributed by atoms with E-state index in [1.165, 1.54) is 13.0 Å². The second-order valence-electron chi connectivity index (χ2n) is 4.14. The lowest BCUT2D eigenvalue weighted by molar-refractivity contribution is -0.384. The molecule has 0 amide bonds. The maximum atomic E-state index is 11.5. The highest BCUT2D eigenvalue weighted by molar-refractivity contribution is 7.92. The smallest absolute Gasteiger partial charge is 0.262 e. The quantitative estimate of drug-likeness (QED) is 0.647. The van der Waals surface area contributed by atoms with Gasteiger partial charge in [0.2, 0.25) is 15.8 Å². The van der Waals surface area contributed by atoms with Crippen LogP contribution in [-0.2, 0) is 10.0 Å². The lowest BCUT2D eigenvalue weighted by atomic mass is 10.2. The molecule has 1 aliphatic carbocycles. The van der Waals surface area contributed by atoms with Gasteiger partial charge in [0, 0.05) is 17.7 Å². The molecule has 0 unspecified atom stereocenters. The van der Waals surface area contributed by atoms with Gasteiger partial charge in [-0.1, -0.05) is 0 Å². The Bertz CT molecular complexity index is 581. The van der Waals surface area contributed by atoms with Gasteiger partial charge in [0.25, 0.3) is 0 Å². The Morgan fingerprint density at radius 1 is 1.50 bits per heavy atom. The fourth-order valence-electron chi connectivity index (χ4n) is 1.52. The number of pyridine rings is 1. The van der Waals surface area contributed by atoms with Crippen molar-refractivity contribution >= 4 is 21.5 Å². The van der Waals surface area contributed by atoms with Crippen molar-refractivity contribution in [3.05, 3.63) is 27.9 Å². The normalized spacial score (nSPS) is 15.4. The first kappa shape index (κ1) is 12.7. The zero-order valence-corrected chi connectivity index (χ0v) is 10.6. The van der Waals surface area contributed by atoms with Gasteiger partial charge in [0.05, 0.1) is 10.7 Å². The molecule has 1 saturated carbocycles. The highest BCUT2D eigenvalue weighted by Crippen LogP contribution is 2.40. The first-order chi connectivity index (χ1) is 8.43. The van der Waals surface area contributed by atoms with E-state index in [2.05, 4.69) is 9.71 Å². The van der Waals surface area contributed by atoms with Gasteiger partial charge in [0.1, 0.15) is 0 Å². The van der Waals surface area contributed by atoms with E-state index in [1.807, 2.05) is 0 Å². The molecule has 0 radical (unpaired) electrons. The molecule has 18 heavy (non-hydrogen) atoms. The Hall–Kier alpha value is -1.70. The number of aromatic nitrogens is 1. The summed E-state index contributed by atoms with van der Waals surface area (Å²) in [7, 11) is -3.57. The predicted molar refractivity (Wildman–Crippen MR) is 65.9 cm³/mol. The van der Waals surface area contributed by atoms with Gasteiger partial charge in [-0.25, -0.2) is 13.4 Å². The average Bonchev–Trinajstić information content (AvgIpc) is 3.12. The van der Waals surface area contributed by atoms with Crippen LogP contribution < -0.4 is 4.72 Å². The number of nitrogens with one attached hydrogen (secondary N) is 1. The van der Waals surface area contributed by atoms with Gasteiger partial charge in [-0.05, 0) is 25.8 Å². The lowest BCUT2D eigenvalue weighted by Crippen LogP contribution is -2.17. The van der Waals surface area contributed by atoms with E-state index in [0.717, 1.165) is 12.8 Å². The summed E-state index contributed by atoms with van der Waals surface area (Å²) < 4.78 is 25.1. The molecule has 2 rings (SSSR count). The maximum absolute atomic E-state index is 11.5. The van der Waals surface area contributed by atoms with E-state index in [-0.39, 0.29) is 17.3 Å². The molecule has 0 aromatic carbocycles. The van der Waals surface area contributed by atoms with Crippen LogP contribution in [0.15, 0.2) is 12.1 Å². The highest BCUT2D eigenvalue weighted by atomic mass is 32.2. The molecule has 7 nitrogen and oxygen atoms in total. The average molecular weight is 271 g/mol. The topological polar surface area (TPSA) is 102 Å². The number of nitro groups is 1. The molecule has 0 spiro atoms. The van der Waals surface area contributed by atoms with Gasteiger partial charge in [-0.15, -0.1) is 0 Å². The van der Waals surface area contributed by atoms with E-state index in [0.29, 0.717) is 11.6 Å². The third-order valence-corrected chi connectivity index (χ3v) is 3.98. The van der Waals surface area contributed by atoms with Crippen molar-refractivity contribution in [2.24, 2.45) is 0 Å². The number of sulfonamides is 1. The summed E-state index contributed by atoms with van der Waals surface area (Å²) in [5.41, 5.74) is 0.380. The standard InChI is InChI=1S/C10H13N3O4S/c1-2-18(16,17)12-10-9(13(14)15)6-5-8(11-10)7-3-4-7/h5-7H,2-4H2,1H3,(H,11,12). The van der Waals surface area contributed by atoms with Crippen LogP contribution in [0.1, 0.15) is 31.4 Å². The summed E-state index contributed by atoms with van der Waals surface area (Å²) in [6, 6.07) is 2.88. The summed E-state index contributed by atoms with van der Waals surface area (Å²) in [6.07, 6.45) is 1.98. The summed E-state index contributed by atoms with van der Waals surface area (Å²) in [5, 5.41) is 10.8. The van der Waals surface area contributed by atoms with Crippen molar-refractivity contribution in [1.29, 1.82) is 0 Å². The number of hydrogen-bond donors (Lipinski definition) is 1. The summed E-state index contributed by atoms with van der Waals surface area (Å²) in [6.45, 7) is 1.46. The van der Waals surface area contributed by atoms with Crippen molar-refractivity contribution in [3.63, 3.8) is 0 Å². The number of hydrogen-bond acceptors (Lipinski definition) is 5. The van der Waals surface area contributed by atoms with Gasteiger partial charge >= 0.3 is 5.69 Å². The van der Waals surface area contributed by atoms with Crippen LogP contribution >= 0.6 is 0 Å². The molecule has 1 N–H and O–H groups in total. The minimum Gasteiger partial charge on any atom is -0.262 e. The van der Waals surface area contributed by atoms with E-state index in [9.17, 15) is 18.5 Å². The van der Waals surface area contributed by atoms with Crippen molar-refractivity contribution < 1.29 is 13.3 Å². The molecular formula is C10H13N3O4S. The Kier molecular flexibility index (Phi) is 3.20. The van der Waals surface area contributed by atoms with Gasteiger partial charge in [0.15, 0.2) is 0 Å². The number of nitrogens with zero attached hydrogens (tertiary/aromatic N) is 2. The van der Waals surface area contributed by atoms with Crippen LogP contribution in [0.4, 0.5) is 11.5 Å². The van der Waals surface area contributed by atoms with Crippen LogP contribution in [0.5, 0.6) is 0 Å². The molecule has 8 heteroatoms. The van der Waals surface area contributed by atoms with Crippen molar-refractivity contribution in [3.8, 4) is 0 Å². The second-order valence-corrected chi connectivity index (χ2v) is 6.15. The van der Waals surface area contributed by atoms with Crippen molar-refractivity contribution in [2.75, 3.05) is 10.5 Å². The largest absolute Gasteiger partial charge is 0.312 e. The minimum atomic E-state index is -3.57. The molecule has 0 bridgehead atoms. The van der Waals surface area contributed by atoms with Gasteiger partial charge < -0.3 is 0 Å². The molecule has 1 heterocycles. The Morgan fingerprint density at radius 3 is 2.67 bits per heavy atom. The van der Waals surface area contributed by atoms with Crippen LogP contribution in [0, 0.1) is 10.1 Å². The summed E-state index contributed by atoms with van der Waals surface area (Å²) in [4.78, 5) is 14.2. The van der Waals surface area contributed by atoms with E-state index < -0.39 is 14.9 Å². The fourth-order valence-corrected chi connectivity index (χ4v) is 2.10. The molecule has 98 valence electrons. The molecular weight excluding hydrogens is 258 g/mol. The molecule has 0 atom stereocenters. The fraction of sp³-hybridized carbons (Fsp3) is 0.500. The maximum Gasteiger partial charge on any atom is 0.312 e. The first-order valence-corrected chi connectivity index (χ1v) is 7.24. The predicted octanol–water partition coefficient (Wildman–Crippen LogP) is 1.63. The van der Waals surface area contributed by atoms with E-state index in [1.54, 1.807) is 6.07 Å². The van der Waals surface area contributed by atoms with Crippen LogP contribution in [0.25, 0.3) is 0 Å². The second kappa shape index (κ2) is 4.52. The highest BCUT2D eigenvalue weighted by Gasteiger charge is 2.28. The summed E-state index contributed by atoms with van der Waals surface area (Å²) in [5.74, 6) is -0.0404. The SMILES string of the molecule is CCS(=O)(=O)Nc1nc(C2CC2)ccc1[N+](=O)[O-]. The molecule has 1 aromatic heterocycles. The molecule has 1 aliphatic rings. The van der Waals surface area contributed by atoms with Gasteiger partial charge in [-0.3, -0.25) is 14.8 Å².